The van der Waals surface area contributed by atoms with E-state index in [-0.39, 0.29) is 11.8 Å². The van der Waals surface area contributed by atoms with Crippen molar-refractivity contribution in [3.8, 4) is 5.69 Å². The van der Waals surface area contributed by atoms with Crippen molar-refractivity contribution in [1.82, 2.24) is 14.4 Å². The quantitative estimate of drug-likeness (QED) is 0.909. The molecule has 3 rings (SSSR count). The predicted molar refractivity (Wildman–Crippen MR) is 85.3 cm³/mol. The molecule has 0 saturated carbocycles. The molecule has 2 heterocycles. The highest BCUT2D eigenvalue weighted by Gasteiger charge is 2.24. The maximum atomic E-state index is 12.5. The Hall–Kier alpha value is -2.60. The van der Waals surface area contributed by atoms with Crippen LogP contribution in [0.25, 0.3) is 5.69 Å². The fraction of sp³-hybridized carbons (Fsp3) is 0.294. The van der Waals surface area contributed by atoms with Gasteiger partial charge in [-0.05, 0) is 36.4 Å². The number of carbonyl (C=O) groups excluding carboxylic acids is 2. The largest absolute Gasteiger partial charge is 0.387 e. The van der Waals surface area contributed by atoms with Crippen molar-refractivity contribution in [2.24, 2.45) is 0 Å². The number of nitrogens with zero attached hydrogens (tertiary/aromatic N) is 3. The Morgan fingerprint density at radius 3 is 2.04 bits per heavy atom. The van der Waals surface area contributed by atoms with E-state index >= 15 is 0 Å². The number of benzene rings is 1. The fourth-order valence-corrected chi connectivity index (χ4v) is 2.72. The van der Waals surface area contributed by atoms with Crippen LogP contribution in [0.4, 0.5) is 0 Å². The predicted octanol–water partition coefficient (Wildman–Crippen LogP) is 0.754. The summed E-state index contributed by atoms with van der Waals surface area (Å²) in [7, 11) is 0. The normalized spacial score (nSPS) is 14.8. The molecular weight excluding hydrogens is 294 g/mol. The fourth-order valence-electron chi connectivity index (χ4n) is 2.72. The average molecular weight is 313 g/mol. The van der Waals surface area contributed by atoms with Crippen LogP contribution in [0, 0.1) is 0 Å². The molecular formula is C17H19N3O3. The molecule has 2 aromatic rings. The van der Waals surface area contributed by atoms with Crippen LogP contribution in [-0.4, -0.2) is 64.1 Å². The lowest BCUT2D eigenvalue weighted by molar-refractivity contribution is -0.135. The Morgan fingerprint density at radius 1 is 0.913 bits per heavy atom. The smallest absolute Gasteiger partial charge is 0.253 e. The van der Waals surface area contributed by atoms with E-state index in [1.165, 1.54) is 0 Å². The van der Waals surface area contributed by atoms with E-state index in [1.807, 2.05) is 53.4 Å². The van der Waals surface area contributed by atoms with Gasteiger partial charge >= 0.3 is 0 Å². The van der Waals surface area contributed by atoms with Crippen molar-refractivity contribution >= 4 is 11.8 Å². The SMILES string of the molecule is O=C(CO)N1CCN(C(=O)c2ccc(-n3cccc3)cc2)CC1. The highest BCUT2D eigenvalue weighted by molar-refractivity contribution is 5.94. The first-order valence-corrected chi connectivity index (χ1v) is 7.60. The number of aliphatic hydroxyl groups is 1. The first-order valence-electron chi connectivity index (χ1n) is 7.60. The van der Waals surface area contributed by atoms with E-state index in [1.54, 1.807) is 9.80 Å². The molecule has 0 unspecified atom stereocenters. The molecule has 1 aromatic carbocycles. The van der Waals surface area contributed by atoms with Gasteiger partial charge in [0.1, 0.15) is 6.61 Å². The van der Waals surface area contributed by atoms with E-state index in [9.17, 15) is 9.59 Å². The molecule has 6 nitrogen and oxygen atoms in total. The second-order valence-corrected chi connectivity index (χ2v) is 5.47. The van der Waals surface area contributed by atoms with Crippen molar-refractivity contribution in [3.05, 3.63) is 54.4 Å². The van der Waals surface area contributed by atoms with Gasteiger partial charge in [-0.15, -0.1) is 0 Å². The molecule has 6 heteroatoms. The Labute approximate surface area is 134 Å². The standard InChI is InChI=1S/C17H19N3O3/c21-13-16(22)19-9-11-20(12-10-19)17(23)14-3-5-15(6-4-14)18-7-1-2-8-18/h1-8,21H,9-13H2. The number of carbonyl (C=O) groups is 2. The molecule has 1 fully saturated rings. The van der Waals surface area contributed by atoms with E-state index in [4.69, 9.17) is 5.11 Å². The van der Waals surface area contributed by atoms with Crippen molar-refractivity contribution in [1.29, 1.82) is 0 Å². The van der Waals surface area contributed by atoms with Crippen molar-refractivity contribution in [2.75, 3.05) is 32.8 Å². The molecule has 2 amide bonds. The second kappa shape index (κ2) is 6.66. The summed E-state index contributed by atoms with van der Waals surface area (Å²) in [5.74, 6) is -0.312. The average Bonchev–Trinajstić information content (AvgIpc) is 3.15. The van der Waals surface area contributed by atoms with Crippen molar-refractivity contribution in [3.63, 3.8) is 0 Å². The highest BCUT2D eigenvalue weighted by Crippen LogP contribution is 2.13. The van der Waals surface area contributed by atoms with Crippen LogP contribution in [0.15, 0.2) is 48.8 Å². The van der Waals surface area contributed by atoms with Crippen LogP contribution in [0.3, 0.4) is 0 Å². The molecule has 0 aliphatic carbocycles. The van der Waals surface area contributed by atoms with Crippen LogP contribution in [0.5, 0.6) is 0 Å². The summed E-state index contributed by atoms with van der Waals surface area (Å²) >= 11 is 0. The number of amides is 2. The Kier molecular flexibility index (Phi) is 4.43. The van der Waals surface area contributed by atoms with Crippen LogP contribution in [0.2, 0.25) is 0 Å². The van der Waals surface area contributed by atoms with Gasteiger partial charge in [0.25, 0.3) is 5.91 Å². The van der Waals surface area contributed by atoms with E-state index in [0.717, 1.165) is 5.69 Å². The summed E-state index contributed by atoms with van der Waals surface area (Å²) in [4.78, 5) is 27.3. The van der Waals surface area contributed by atoms with Crippen molar-refractivity contribution < 1.29 is 14.7 Å². The minimum absolute atomic E-state index is 0.0276. The zero-order valence-corrected chi connectivity index (χ0v) is 12.8. The van der Waals surface area contributed by atoms with Crippen LogP contribution in [0.1, 0.15) is 10.4 Å². The zero-order valence-electron chi connectivity index (χ0n) is 12.8. The van der Waals surface area contributed by atoms with E-state index in [2.05, 4.69) is 0 Å². The van der Waals surface area contributed by atoms with Crippen LogP contribution < -0.4 is 0 Å². The number of piperazine rings is 1. The highest BCUT2D eigenvalue weighted by atomic mass is 16.3. The van der Waals surface area contributed by atoms with Crippen LogP contribution in [-0.2, 0) is 4.79 Å². The number of rotatable bonds is 3. The Bertz CT molecular complexity index is 672. The minimum atomic E-state index is -0.477. The summed E-state index contributed by atoms with van der Waals surface area (Å²) in [5.41, 5.74) is 1.65. The lowest BCUT2D eigenvalue weighted by Crippen LogP contribution is -2.51. The minimum Gasteiger partial charge on any atom is -0.387 e. The summed E-state index contributed by atoms with van der Waals surface area (Å²) in [5, 5.41) is 8.87. The lowest BCUT2D eigenvalue weighted by atomic mass is 10.1. The van der Waals surface area contributed by atoms with E-state index in [0.29, 0.717) is 31.7 Å². The van der Waals surface area contributed by atoms with Gasteiger partial charge in [0.05, 0.1) is 0 Å². The molecule has 1 aliphatic heterocycles. The monoisotopic (exact) mass is 313 g/mol. The lowest BCUT2D eigenvalue weighted by Gasteiger charge is -2.34. The van der Waals surface area contributed by atoms with Gasteiger partial charge in [-0.25, -0.2) is 0 Å². The molecule has 1 aliphatic rings. The summed E-state index contributed by atoms with van der Waals surface area (Å²) < 4.78 is 1.98. The van der Waals surface area contributed by atoms with Crippen molar-refractivity contribution in [2.45, 2.75) is 0 Å². The molecule has 0 atom stereocenters. The first-order chi connectivity index (χ1) is 11.2. The van der Waals surface area contributed by atoms with Gasteiger partial charge in [0.15, 0.2) is 0 Å². The molecule has 0 radical (unpaired) electrons. The zero-order chi connectivity index (χ0) is 16.2. The van der Waals surface area contributed by atoms with Gasteiger partial charge in [-0.3, -0.25) is 9.59 Å². The number of hydrogen-bond acceptors (Lipinski definition) is 3. The first kappa shape index (κ1) is 15.3. The molecule has 1 aromatic heterocycles. The molecule has 0 spiro atoms. The number of hydrogen-bond donors (Lipinski definition) is 1. The summed E-state index contributed by atoms with van der Waals surface area (Å²) in [6, 6.07) is 11.4. The topological polar surface area (TPSA) is 65.8 Å². The van der Waals surface area contributed by atoms with Gasteiger partial charge in [0, 0.05) is 49.8 Å². The third kappa shape index (κ3) is 3.27. The van der Waals surface area contributed by atoms with Gasteiger partial charge in [0.2, 0.25) is 5.91 Å². The summed E-state index contributed by atoms with van der Waals surface area (Å²) in [6.45, 7) is 1.43. The Balaban J connectivity index is 1.64. The molecule has 1 N–H and O–H groups in total. The summed E-state index contributed by atoms with van der Waals surface area (Å²) in [6.07, 6.45) is 3.91. The van der Waals surface area contributed by atoms with Crippen LogP contribution >= 0.6 is 0 Å². The molecule has 23 heavy (non-hydrogen) atoms. The maximum Gasteiger partial charge on any atom is 0.253 e. The van der Waals surface area contributed by atoms with Gasteiger partial charge in [-0.1, -0.05) is 0 Å². The van der Waals surface area contributed by atoms with E-state index < -0.39 is 6.61 Å². The number of aromatic nitrogens is 1. The molecule has 1 saturated heterocycles. The molecule has 0 bridgehead atoms. The third-order valence-corrected chi connectivity index (χ3v) is 4.07. The maximum absolute atomic E-state index is 12.5. The Morgan fingerprint density at radius 2 is 1.48 bits per heavy atom. The second-order valence-electron chi connectivity index (χ2n) is 5.47. The number of aliphatic hydroxyl groups excluding tert-OH is 1. The van der Waals surface area contributed by atoms with Gasteiger partial charge < -0.3 is 19.5 Å². The third-order valence-electron chi connectivity index (χ3n) is 4.07. The molecule has 120 valence electrons. The van der Waals surface area contributed by atoms with Gasteiger partial charge in [-0.2, -0.15) is 0 Å².